The first-order valence-corrected chi connectivity index (χ1v) is 11.5. The SMILES string of the molecule is COC(=O)[C@@H]1CCCN1c1ccc(NS(=O)(=O)c2ccc(OC)cc2)c2ccccc12. The zero-order chi connectivity index (χ0) is 22.0. The van der Waals surface area contributed by atoms with Crippen LogP contribution in [0.3, 0.4) is 0 Å². The number of benzene rings is 3. The summed E-state index contributed by atoms with van der Waals surface area (Å²) in [4.78, 5) is 14.4. The second-order valence-corrected chi connectivity index (χ2v) is 9.02. The highest BCUT2D eigenvalue weighted by Crippen LogP contribution is 2.37. The van der Waals surface area contributed by atoms with Gasteiger partial charge in [-0.15, -0.1) is 0 Å². The monoisotopic (exact) mass is 440 g/mol. The number of anilines is 2. The Balaban J connectivity index is 1.72. The molecule has 1 aliphatic rings. The zero-order valence-electron chi connectivity index (χ0n) is 17.4. The molecule has 1 N–H and O–H groups in total. The Morgan fingerprint density at radius 1 is 1.00 bits per heavy atom. The van der Waals surface area contributed by atoms with E-state index in [-0.39, 0.29) is 16.9 Å². The number of sulfonamides is 1. The topological polar surface area (TPSA) is 84.9 Å². The number of hydrogen-bond donors (Lipinski definition) is 1. The van der Waals surface area contributed by atoms with E-state index in [1.807, 2.05) is 35.2 Å². The smallest absolute Gasteiger partial charge is 0.328 e. The summed E-state index contributed by atoms with van der Waals surface area (Å²) in [5, 5.41) is 1.63. The Hall–Kier alpha value is -3.26. The molecule has 0 spiro atoms. The molecule has 7 nitrogen and oxygen atoms in total. The van der Waals surface area contributed by atoms with E-state index < -0.39 is 10.0 Å². The lowest BCUT2D eigenvalue weighted by Gasteiger charge is -2.27. The molecule has 31 heavy (non-hydrogen) atoms. The molecule has 0 aliphatic carbocycles. The fraction of sp³-hybridized carbons (Fsp3) is 0.261. The normalized spacial score (nSPS) is 16.3. The lowest BCUT2D eigenvalue weighted by molar-refractivity contribution is -0.141. The van der Waals surface area contributed by atoms with Crippen molar-refractivity contribution in [2.75, 3.05) is 30.4 Å². The predicted octanol–water partition coefficient (Wildman–Crippen LogP) is 3.79. The van der Waals surface area contributed by atoms with Crippen LogP contribution in [-0.4, -0.2) is 41.2 Å². The van der Waals surface area contributed by atoms with Gasteiger partial charge < -0.3 is 14.4 Å². The fourth-order valence-corrected chi connectivity index (χ4v) is 5.10. The van der Waals surface area contributed by atoms with Crippen molar-refractivity contribution in [2.45, 2.75) is 23.8 Å². The second kappa shape index (κ2) is 8.47. The molecule has 0 unspecified atom stereocenters. The molecule has 3 aromatic rings. The molecule has 1 heterocycles. The van der Waals surface area contributed by atoms with Crippen LogP contribution in [-0.2, 0) is 19.6 Å². The number of rotatable bonds is 6. The average Bonchev–Trinajstić information content (AvgIpc) is 3.28. The van der Waals surface area contributed by atoms with Crippen molar-refractivity contribution in [3.05, 3.63) is 60.7 Å². The third-order valence-corrected chi connectivity index (χ3v) is 6.93. The molecular weight excluding hydrogens is 416 g/mol. The molecule has 3 aromatic carbocycles. The minimum Gasteiger partial charge on any atom is -0.497 e. The molecule has 1 fully saturated rings. The van der Waals surface area contributed by atoms with E-state index in [1.165, 1.54) is 26.4 Å². The van der Waals surface area contributed by atoms with Gasteiger partial charge >= 0.3 is 5.97 Å². The highest BCUT2D eigenvalue weighted by atomic mass is 32.2. The first-order valence-electron chi connectivity index (χ1n) is 9.97. The lowest BCUT2D eigenvalue weighted by atomic mass is 10.1. The van der Waals surface area contributed by atoms with Crippen LogP contribution in [0.4, 0.5) is 11.4 Å². The molecule has 0 aromatic heterocycles. The number of ether oxygens (including phenoxy) is 2. The largest absolute Gasteiger partial charge is 0.497 e. The maximum Gasteiger partial charge on any atom is 0.328 e. The van der Waals surface area contributed by atoms with E-state index >= 15 is 0 Å². The Bertz CT molecular complexity index is 1210. The van der Waals surface area contributed by atoms with Crippen molar-refractivity contribution in [3.8, 4) is 5.75 Å². The minimum absolute atomic E-state index is 0.145. The number of carbonyl (C=O) groups is 1. The van der Waals surface area contributed by atoms with Crippen LogP contribution in [0.5, 0.6) is 5.75 Å². The van der Waals surface area contributed by atoms with Gasteiger partial charge in [0.25, 0.3) is 10.0 Å². The van der Waals surface area contributed by atoms with E-state index in [4.69, 9.17) is 9.47 Å². The van der Waals surface area contributed by atoms with Gasteiger partial charge in [0.2, 0.25) is 0 Å². The summed E-state index contributed by atoms with van der Waals surface area (Å²) in [5.74, 6) is 0.324. The summed E-state index contributed by atoms with van der Waals surface area (Å²) in [6.07, 6.45) is 1.62. The standard InChI is InChI=1S/C23H24N2O5S/c1-29-16-9-11-17(12-10-16)31(27,28)24-20-13-14-21(19-7-4-3-6-18(19)20)25-15-5-8-22(25)23(26)30-2/h3-4,6-7,9-14,22,24H,5,8,15H2,1-2H3/t22-/m0/s1. The quantitative estimate of drug-likeness (QED) is 0.587. The lowest BCUT2D eigenvalue weighted by Crippen LogP contribution is -2.37. The maximum absolute atomic E-state index is 12.9. The van der Waals surface area contributed by atoms with Gasteiger partial charge in [0.1, 0.15) is 11.8 Å². The maximum atomic E-state index is 12.9. The fourth-order valence-electron chi connectivity index (χ4n) is 4.02. The van der Waals surface area contributed by atoms with E-state index in [9.17, 15) is 13.2 Å². The third-order valence-electron chi connectivity index (χ3n) is 5.55. The minimum atomic E-state index is -3.78. The van der Waals surface area contributed by atoms with Crippen LogP contribution in [0.15, 0.2) is 65.6 Å². The molecule has 0 saturated carbocycles. The highest BCUT2D eigenvalue weighted by Gasteiger charge is 2.32. The molecule has 1 atom stereocenters. The van der Waals surface area contributed by atoms with Crippen molar-refractivity contribution < 1.29 is 22.7 Å². The first kappa shape index (κ1) is 21.0. The van der Waals surface area contributed by atoms with Crippen LogP contribution < -0.4 is 14.4 Å². The number of fused-ring (bicyclic) bond motifs is 1. The molecule has 0 radical (unpaired) electrons. The molecule has 0 bridgehead atoms. The molecule has 1 aliphatic heterocycles. The van der Waals surface area contributed by atoms with Gasteiger partial charge in [-0.05, 0) is 49.2 Å². The van der Waals surface area contributed by atoms with Gasteiger partial charge in [-0.3, -0.25) is 4.72 Å². The van der Waals surface area contributed by atoms with Crippen LogP contribution >= 0.6 is 0 Å². The molecule has 0 amide bonds. The molecule has 162 valence electrons. The summed E-state index contributed by atoms with van der Waals surface area (Å²) in [5.41, 5.74) is 1.36. The van der Waals surface area contributed by atoms with Gasteiger partial charge in [-0.1, -0.05) is 24.3 Å². The van der Waals surface area contributed by atoms with Crippen LogP contribution in [0.2, 0.25) is 0 Å². The van der Waals surface area contributed by atoms with Crippen LogP contribution in [0, 0.1) is 0 Å². The van der Waals surface area contributed by atoms with Crippen molar-refractivity contribution in [2.24, 2.45) is 0 Å². The highest BCUT2D eigenvalue weighted by molar-refractivity contribution is 7.92. The van der Waals surface area contributed by atoms with Gasteiger partial charge in [-0.25, -0.2) is 13.2 Å². The average molecular weight is 441 g/mol. The summed E-state index contributed by atoms with van der Waals surface area (Å²) in [7, 11) is -0.858. The van der Waals surface area contributed by atoms with Crippen molar-refractivity contribution in [3.63, 3.8) is 0 Å². The second-order valence-electron chi connectivity index (χ2n) is 7.33. The number of nitrogens with one attached hydrogen (secondary N) is 1. The van der Waals surface area contributed by atoms with Crippen molar-refractivity contribution >= 4 is 38.1 Å². The van der Waals surface area contributed by atoms with Gasteiger partial charge in [0.05, 0.1) is 24.8 Å². The Morgan fingerprint density at radius 3 is 2.39 bits per heavy atom. The van der Waals surface area contributed by atoms with E-state index in [2.05, 4.69) is 4.72 Å². The summed E-state index contributed by atoms with van der Waals surface area (Å²) in [6, 6.07) is 17.0. The van der Waals surface area contributed by atoms with Crippen LogP contribution in [0.1, 0.15) is 12.8 Å². The van der Waals surface area contributed by atoms with E-state index in [0.717, 1.165) is 35.8 Å². The summed E-state index contributed by atoms with van der Waals surface area (Å²) >= 11 is 0. The number of nitrogens with zero attached hydrogens (tertiary/aromatic N) is 1. The van der Waals surface area contributed by atoms with E-state index in [1.54, 1.807) is 18.2 Å². The van der Waals surface area contributed by atoms with Crippen LogP contribution in [0.25, 0.3) is 10.8 Å². The molecule has 4 rings (SSSR count). The number of esters is 1. The summed E-state index contributed by atoms with van der Waals surface area (Å²) in [6.45, 7) is 0.737. The number of hydrogen-bond acceptors (Lipinski definition) is 6. The van der Waals surface area contributed by atoms with Crippen molar-refractivity contribution in [1.29, 1.82) is 0 Å². The zero-order valence-corrected chi connectivity index (χ0v) is 18.2. The molecular formula is C23H24N2O5S. The van der Waals surface area contributed by atoms with Gasteiger partial charge in [0, 0.05) is 23.0 Å². The van der Waals surface area contributed by atoms with Crippen molar-refractivity contribution in [1.82, 2.24) is 0 Å². The molecule has 8 heteroatoms. The number of carbonyl (C=O) groups excluding carboxylic acids is 1. The summed E-state index contributed by atoms with van der Waals surface area (Å²) < 4.78 is 38.7. The Morgan fingerprint density at radius 2 is 1.71 bits per heavy atom. The van der Waals surface area contributed by atoms with Gasteiger partial charge in [-0.2, -0.15) is 0 Å². The van der Waals surface area contributed by atoms with E-state index in [0.29, 0.717) is 11.4 Å². The van der Waals surface area contributed by atoms with Gasteiger partial charge in [0.15, 0.2) is 0 Å². The number of methoxy groups -OCH3 is 2. The first-order chi connectivity index (χ1) is 14.9. The Kier molecular flexibility index (Phi) is 5.73. The third kappa shape index (κ3) is 4.03. The predicted molar refractivity (Wildman–Crippen MR) is 120 cm³/mol. The Labute approximate surface area is 181 Å². The molecule has 1 saturated heterocycles.